The van der Waals surface area contributed by atoms with Crippen LogP contribution in [0.3, 0.4) is 0 Å². The summed E-state index contributed by atoms with van der Waals surface area (Å²) in [5.41, 5.74) is 2.20. The average Bonchev–Trinajstić information content (AvgIpc) is 3.24. The number of rotatable bonds is 40. The third-order valence-electron chi connectivity index (χ3n) is 9.70. The largest absolute Gasteiger partial charge is 0.353 e. The van der Waals surface area contributed by atoms with Gasteiger partial charge in [-0.05, 0) is 100 Å². The number of unbranched alkanes of at least 4 members (excludes halogenated alkanes) is 12. The van der Waals surface area contributed by atoms with Gasteiger partial charge in [0, 0.05) is 26.4 Å². The highest BCUT2D eigenvalue weighted by molar-refractivity contribution is 5.14. The zero-order valence-electron chi connectivity index (χ0n) is 36.6. The molecule has 0 amide bonds. The van der Waals surface area contributed by atoms with Gasteiger partial charge < -0.3 is 33.2 Å². The standard InChI is InChI=1S/C50H82O7/c1-5-9-27-39-51-47(52-40-28-10-6-2)35-23-13-15-25-37-49(55-43-45-31-19-17-20-32-45)57-50(56-44-46-33-21-18-22-34-46)38-26-16-14-24-36-48(53-41-29-11-7-3)54-42-30-12-8-4/h17-22,25-26,31-34,37-38,47-50H,5-16,23-24,27-30,35-36,39-44H2,1-4H3. The van der Waals surface area contributed by atoms with Gasteiger partial charge in [-0.15, -0.1) is 0 Å². The van der Waals surface area contributed by atoms with Crippen molar-refractivity contribution in [2.24, 2.45) is 0 Å². The SMILES string of the molecule is CCCCCOC(CCCCC=CC(OCc1ccccc1)OC(C=CCCCCC(OCCCCC)OCCCCC)OCc1ccccc1)OCCCCC. The Morgan fingerprint density at radius 3 is 1.09 bits per heavy atom. The molecule has 0 heterocycles. The lowest BCUT2D eigenvalue weighted by Gasteiger charge is -2.22. The van der Waals surface area contributed by atoms with E-state index in [4.69, 9.17) is 33.2 Å². The number of hydrogen-bond acceptors (Lipinski definition) is 7. The second-order valence-corrected chi connectivity index (χ2v) is 15.1. The molecule has 2 atom stereocenters. The molecular weight excluding hydrogens is 713 g/mol. The van der Waals surface area contributed by atoms with Crippen molar-refractivity contribution < 1.29 is 33.2 Å². The number of benzene rings is 2. The van der Waals surface area contributed by atoms with Gasteiger partial charge in [-0.25, -0.2) is 0 Å². The van der Waals surface area contributed by atoms with Crippen LogP contribution in [0.2, 0.25) is 0 Å². The van der Waals surface area contributed by atoms with Crippen LogP contribution < -0.4 is 0 Å². The first kappa shape index (κ1) is 50.8. The summed E-state index contributed by atoms with van der Waals surface area (Å²) in [5.74, 6) is 0. The molecule has 0 radical (unpaired) electrons. The van der Waals surface area contributed by atoms with Gasteiger partial charge in [-0.3, -0.25) is 0 Å². The zero-order valence-corrected chi connectivity index (χ0v) is 36.6. The molecule has 0 saturated heterocycles. The lowest BCUT2D eigenvalue weighted by atomic mass is 10.1. The van der Waals surface area contributed by atoms with Gasteiger partial charge >= 0.3 is 0 Å². The molecule has 0 aromatic heterocycles. The van der Waals surface area contributed by atoms with Crippen molar-refractivity contribution in [1.29, 1.82) is 0 Å². The van der Waals surface area contributed by atoms with E-state index >= 15 is 0 Å². The van der Waals surface area contributed by atoms with Crippen LogP contribution in [0, 0.1) is 0 Å². The predicted octanol–water partition coefficient (Wildman–Crippen LogP) is 13.8. The molecule has 0 N–H and O–H groups in total. The zero-order chi connectivity index (χ0) is 40.7. The van der Waals surface area contributed by atoms with Gasteiger partial charge in [0.2, 0.25) is 0 Å². The van der Waals surface area contributed by atoms with Crippen molar-refractivity contribution in [2.75, 3.05) is 26.4 Å². The number of allylic oxidation sites excluding steroid dienone is 2. The van der Waals surface area contributed by atoms with Gasteiger partial charge in [0.1, 0.15) is 0 Å². The molecule has 0 aliphatic heterocycles. The first-order chi connectivity index (χ1) is 28.2. The smallest absolute Gasteiger partial charge is 0.180 e. The minimum atomic E-state index is -0.567. The van der Waals surface area contributed by atoms with E-state index in [-0.39, 0.29) is 12.6 Å². The Labute approximate surface area is 349 Å². The first-order valence-electron chi connectivity index (χ1n) is 22.9. The summed E-state index contributed by atoms with van der Waals surface area (Å²) in [6.07, 6.45) is 28.8. The quantitative estimate of drug-likeness (QED) is 0.0378. The lowest BCUT2D eigenvalue weighted by Crippen LogP contribution is -2.24. The molecule has 2 rings (SSSR count). The maximum Gasteiger partial charge on any atom is 0.180 e. The number of ether oxygens (including phenoxy) is 7. The fourth-order valence-corrected chi connectivity index (χ4v) is 6.18. The van der Waals surface area contributed by atoms with Gasteiger partial charge in [-0.2, -0.15) is 0 Å². The molecule has 57 heavy (non-hydrogen) atoms. The van der Waals surface area contributed by atoms with Crippen molar-refractivity contribution in [3.63, 3.8) is 0 Å². The topological polar surface area (TPSA) is 64.6 Å². The first-order valence-corrected chi connectivity index (χ1v) is 22.9. The molecule has 2 aromatic rings. The molecule has 7 nitrogen and oxygen atoms in total. The van der Waals surface area contributed by atoms with E-state index in [0.717, 1.165) is 115 Å². The summed E-state index contributed by atoms with van der Waals surface area (Å²) in [6, 6.07) is 20.5. The summed E-state index contributed by atoms with van der Waals surface area (Å²) in [6.45, 7) is 12.9. The summed E-state index contributed by atoms with van der Waals surface area (Å²) >= 11 is 0. The van der Waals surface area contributed by atoms with Crippen LogP contribution >= 0.6 is 0 Å². The van der Waals surface area contributed by atoms with Crippen molar-refractivity contribution in [3.05, 3.63) is 96.1 Å². The third kappa shape index (κ3) is 29.5. The Hall–Kier alpha value is -2.36. The second kappa shape index (κ2) is 37.9. The van der Waals surface area contributed by atoms with Gasteiger partial charge in [0.05, 0.1) is 13.2 Å². The number of hydrogen-bond donors (Lipinski definition) is 0. The predicted molar refractivity (Wildman–Crippen MR) is 236 cm³/mol. The summed E-state index contributed by atoms with van der Waals surface area (Å²) in [7, 11) is 0. The Bertz CT molecular complexity index is 1060. The Balaban J connectivity index is 1.99. The fraction of sp³-hybridized carbons (Fsp3) is 0.680. The molecule has 0 spiro atoms. The molecular formula is C50H82O7. The highest BCUT2D eigenvalue weighted by Crippen LogP contribution is 2.17. The minimum Gasteiger partial charge on any atom is -0.353 e. The summed E-state index contributed by atoms with van der Waals surface area (Å²) < 4.78 is 43.8. The van der Waals surface area contributed by atoms with Gasteiger partial charge in [0.25, 0.3) is 0 Å². The lowest BCUT2D eigenvalue weighted by molar-refractivity contribution is -0.215. The van der Waals surface area contributed by atoms with E-state index in [2.05, 4.69) is 64.1 Å². The highest BCUT2D eigenvalue weighted by atomic mass is 16.8. The molecule has 2 aromatic carbocycles. The molecule has 2 unspecified atom stereocenters. The summed E-state index contributed by atoms with van der Waals surface area (Å²) in [5, 5.41) is 0. The van der Waals surface area contributed by atoms with Crippen molar-refractivity contribution in [3.8, 4) is 0 Å². The van der Waals surface area contributed by atoms with E-state index in [9.17, 15) is 0 Å². The van der Waals surface area contributed by atoms with Crippen LogP contribution in [0.15, 0.2) is 85.0 Å². The normalized spacial score (nSPS) is 13.2. The van der Waals surface area contributed by atoms with Crippen LogP contribution in [0.5, 0.6) is 0 Å². The Kier molecular flexibility index (Phi) is 33.7. The van der Waals surface area contributed by atoms with E-state index in [0.29, 0.717) is 13.2 Å². The molecule has 0 saturated carbocycles. The average molecular weight is 795 g/mol. The molecule has 0 fully saturated rings. The van der Waals surface area contributed by atoms with Crippen molar-refractivity contribution in [2.45, 2.75) is 194 Å². The maximum atomic E-state index is 6.54. The van der Waals surface area contributed by atoms with E-state index in [1.807, 2.05) is 48.6 Å². The van der Waals surface area contributed by atoms with Crippen LogP contribution in [0.4, 0.5) is 0 Å². The molecule has 324 valence electrons. The van der Waals surface area contributed by atoms with E-state index in [1.54, 1.807) is 0 Å². The third-order valence-corrected chi connectivity index (χ3v) is 9.70. The summed E-state index contributed by atoms with van der Waals surface area (Å²) in [4.78, 5) is 0. The van der Waals surface area contributed by atoms with Gasteiger partial charge in [-0.1, -0.05) is 152 Å². The monoisotopic (exact) mass is 795 g/mol. The molecule has 7 heteroatoms. The van der Waals surface area contributed by atoms with E-state index < -0.39 is 12.6 Å². The van der Waals surface area contributed by atoms with E-state index in [1.165, 1.54) is 51.4 Å². The molecule has 0 aliphatic carbocycles. The Morgan fingerprint density at radius 2 is 0.754 bits per heavy atom. The van der Waals surface area contributed by atoms with Crippen LogP contribution in [-0.4, -0.2) is 51.6 Å². The maximum absolute atomic E-state index is 6.54. The van der Waals surface area contributed by atoms with Crippen molar-refractivity contribution in [1.82, 2.24) is 0 Å². The van der Waals surface area contributed by atoms with Crippen molar-refractivity contribution >= 4 is 0 Å². The second-order valence-electron chi connectivity index (χ2n) is 15.1. The van der Waals surface area contributed by atoms with Crippen LogP contribution in [0.25, 0.3) is 0 Å². The van der Waals surface area contributed by atoms with Crippen LogP contribution in [-0.2, 0) is 46.4 Å². The Morgan fingerprint density at radius 1 is 0.404 bits per heavy atom. The van der Waals surface area contributed by atoms with Gasteiger partial charge in [0.15, 0.2) is 25.2 Å². The molecule has 0 bridgehead atoms. The van der Waals surface area contributed by atoms with Crippen LogP contribution in [0.1, 0.15) is 167 Å². The molecule has 0 aliphatic rings. The fourth-order valence-electron chi connectivity index (χ4n) is 6.18. The highest BCUT2D eigenvalue weighted by Gasteiger charge is 2.15. The minimum absolute atomic E-state index is 0.114.